The average molecular weight is 175 g/mol. The summed E-state index contributed by atoms with van der Waals surface area (Å²) in [5, 5.41) is 0. The molecule has 0 unspecified atom stereocenters. The lowest BCUT2D eigenvalue weighted by molar-refractivity contribution is -0.139. The number of hydrogen-bond donors (Lipinski definition) is 0. The second-order valence-electron chi connectivity index (χ2n) is 2.59. The summed E-state index contributed by atoms with van der Waals surface area (Å²) >= 11 is 1.56. The molecule has 0 aromatic rings. The third-order valence-corrected chi connectivity index (χ3v) is 2.34. The zero-order chi connectivity index (χ0) is 8.27. The van der Waals surface area contributed by atoms with Gasteiger partial charge in [-0.2, -0.15) is 11.8 Å². The summed E-state index contributed by atoms with van der Waals surface area (Å²) in [5.41, 5.74) is 0. The van der Waals surface area contributed by atoms with Crippen LogP contribution in [-0.2, 0) is 9.53 Å². The molecule has 1 rings (SSSR count). The Morgan fingerprint density at radius 1 is 1.73 bits per heavy atom. The van der Waals surface area contributed by atoms with Crippen LogP contribution in [0.25, 0.3) is 0 Å². The molecule has 11 heavy (non-hydrogen) atoms. The van der Waals surface area contributed by atoms with Gasteiger partial charge in [-0.05, 0) is 6.26 Å². The van der Waals surface area contributed by atoms with E-state index in [4.69, 9.17) is 4.74 Å². The minimum Gasteiger partial charge on any atom is -0.378 e. The molecule has 0 spiro atoms. The van der Waals surface area contributed by atoms with Gasteiger partial charge < -0.3 is 9.64 Å². The molecule has 0 aliphatic carbocycles. The van der Waals surface area contributed by atoms with Gasteiger partial charge in [0.15, 0.2) is 0 Å². The predicted octanol–water partition coefficient (Wildman–Crippen LogP) is 0.207. The van der Waals surface area contributed by atoms with Crippen molar-refractivity contribution >= 4 is 17.7 Å². The Morgan fingerprint density at radius 2 is 2.36 bits per heavy atom. The number of carbonyl (C=O) groups is 1. The maximum atomic E-state index is 11.1. The number of carbonyl (C=O) groups excluding carboxylic acids is 1. The summed E-state index contributed by atoms with van der Waals surface area (Å²) in [6.07, 6.45) is 2.21. The zero-order valence-corrected chi connectivity index (χ0v) is 7.69. The minimum absolute atomic E-state index is 0.228. The lowest BCUT2D eigenvalue weighted by Gasteiger charge is -2.37. The Morgan fingerprint density at radius 3 is 2.82 bits per heavy atom. The summed E-state index contributed by atoms with van der Waals surface area (Å²) < 4.78 is 5.04. The largest absolute Gasteiger partial charge is 0.378 e. The lowest BCUT2D eigenvalue weighted by atomic mass is 10.2. The van der Waals surface area contributed by atoms with Gasteiger partial charge in [-0.3, -0.25) is 4.79 Å². The lowest BCUT2D eigenvalue weighted by Crippen LogP contribution is -2.54. The molecule has 1 fully saturated rings. The van der Waals surface area contributed by atoms with Crippen molar-refractivity contribution in [2.45, 2.75) is 6.10 Å². The summed E-state index contributed by atoms with van der Waals surface area (Å²) in [6, 6.07) is 0. The molecule has 1 heterocycles. The average Bonchev–Trinajstić information content (AvgIpc) is 1.86. The summed E-state index contributed by atoms with van der Waals surface area (Å²) in [5.74, 6) is 0.821. The topological polar surface area (TPSA) is 29.5 Å². The first kappa shape index (κ1) is 8.87. The van der Waals surface area contributed by atoms with E-state index in [0.717, 1.165) is 13.1 Å². The van der Waals surface area contributed by atoms with E-state index in [2.05, 4.69) is 0 Å². The van der Waals surface area contributed by atoms with Gasteiger partial charge in [0.25, 0.3) is 0 Å². The van der Waals surface area contributed by atoms with Gasteiger partial charge in [0.2, 0.25) is 5.91 Å². The second-order valence-corrected chi connectivity index (χ2v) is 3.46. The molecule has 1 saturated heterocycles. The van der Waals surface area contributed by atoms with Crippen LogP contribution in [0.2, 0.25) is 0 Å². The number of likely N-dealkylation sites (tertiary alicyclic amines) is 1. The Hall–Kier alpha value is -0.220. The molecule has 0 atom stereocenters. The molecule has 0 aromatic heterocycles. The highest BCUT2D eigenvalue weighted by Crippen LogP contribution is 2.11. The molecule has 0 aromatic carbocycles. The highest BCUT2D eigenvalue weighted by Gasteiger charge is 2.29. The van der Waals surface area contributed by atoms with Gasteiger partial charge in [-0.1, -0.05) is 0 Å². The van der Waals surface area contributed by atoms with Crippen LogP contribution in [0, 0.1) is 0 Å². The van der Waals surface area contributed by atoms with Crippen LogP contribution < -0.4 is 0 Å². The fourth-order valence-electron chi connectivity index (χ4n) is 1.01. The van der Waals surface area contributed by atoms with Gasteiger partial charge in [0.1, 0.15) is 0 Å². The second kappa shape index (κ2) is 3.97. The predicted molar refractivity (Wildman–Crippen MR) is 45.8 cm³/mol. The van der Waals surface area contributed by atoms with Gasteiger partial charge in [0.05, 0.1) is 11.9 Å². The molecular formula is C7H13NO2S. The Labute approximate surface area is 71.1 Å². The summed E-state index contributed by atoms with van der Waals surface area (Å²) in [6.45, 7) is 1.55. The van der Waals surface area contributed by atoms with E-state index in [1.54, 1.807) is 18.9 Å². The van der Waals surface area contributed by atoms with Crippen LogP contribution in [0.1, 0.15) is 0 Å². The van der Waals surface area contributed by atoms with Crippen LogP contribution >= 0.6 is 11.8 Å². The number of methoxy groups -OCH3 is 1. The van der Waals surface area contributed by atoms with Crippen LogP contribution in [0.15, 0.2) is 0 Å². The number of thioether (sulfide) groups is 1. The number of nitrogens with zero attached hydrogens (tertiary/aromatic N) is 1. The smallest absolute Gasteiger partial charge is 0.232 e. The van der Waals surface area contributed by atoms with Crippen molar-refractivity contribution < 1.29 is 9.53 Å². The van der Waals surface area contributed by atoms with Crippen molar-refractivity contribution in [3.05, 3.63) is 0 Å². The Kier molecular flexibility index (Phi) is 3.20. The molecule has 1 amide bonds. The van der Waals surface area contributed by atoms with E-state index in [1.165, 1.54) is 0 Å². The first-order chi connectivity index (χ1) is 5.27. The van der Waals surface area contributed by atoms with Crippen LogP contribution in [0.5, 0.6) is 0 Å². The Balaban J connectivity index is 2.16. The van der Waals surface area contributed by atoms with Gasteiger partial charge >= 0.3 is 0 Å². The molecule has 0 radical (unpaired) electrons. The fraction of sp³-hybridized carbons (Fsp3) is 0.857. The maximum absolute atomic E-state index is 11.1. The molecular weight excluding hydrogens is 162 g/mol. The van der Waals surface area contributed by atoms with Crippen molar-refractivity contribution in [2.75, 3.05) is 32.2 Å². The highest BCUT2D eigenvalue weighted by atomic mass is 32.2. The summed E-state index contributed by atoms with van der Waals surface area (Å²) in [4.78, 5) is 13.0. The third-order valence-electron chi connectivity index (χ3n) is 1.80. The molecule has 0 saturated carbocycles. The van der Waals surface area contributed by atoms with Crippen molar-refractivity contribution in [2.24, 2.45) is 0 Å². The molecule has 0 bridgehead atoms. The first-order valence-corrected chi connectivity index (χ1v) is 4.96. The van der Waals surface area contributed by atoms with E-state index < -0.39 is 0 Å². The molecule has 3 nitrogen and oxygen atoms in total. The maximum Gasteiger partial charge on any atom is 0.232 e. The van der Waals surface area contributed by atoms with Crippen LogP contribution in [0.4, 0.5) is 0 Å². The van der Waals surface area contributed by atoms with Crippen molar-refractivity contribution in [3.63, 3.8) is 0 Å². The number of ether oxygens (including phenoxy) is 1. The standard InChI is InChI=1S/C7H13NO2S/c1-10-6-3-8(4-6)7(9)5-11-2/h6H,3-5H2,1-2H3. The highest BCUT2D eigenvalue weighted by molar-refractivity contribution is 7.99. The van der Waals surface area contributed by atoms with E-state index in [0.29, 0.717) is 5.75 Å². The van der Waals surface area contributed by atoms with Crippen molar-refractivity contribution in [1.82, 2.24) is 4.90 Å². The molecule has 4 heteroatoms. The fourth-order valence-corrected chi connectivity index (χ4v) is 1.44. The van der Waals surface area contributed by atoms with Gasteiger partial charge in [0, 0.05) is 20.2 Å². The monoisotopic (exact) mass is 175 g/mol. The van der Waals surface area contributed by atoms with E-state index in [9.17, 15) is 4.79 Å². The van der Waals surface area contributed by atoms with E-state index in [-0.39, 0.29) is 12.0 Å². The van der Waals surface area contributed by atoms with E-state index >= 15 is 0 Å². The molecule has 1 aliphatic heterocycles. The SMILES string of the molecule is COC1CN(C(=O)CSC)C1. The van der Waals surface area contributed by atoms with Crippen LogP contribution in [0.3, 0.4) is 0 Å². The molecule has 1 aliphatic rings. The van der Waals surface area contributed by atoms with Crippen molar-refractivity contribution in [3.8, 4) is 0 Å². The van der Waals surface area contributed by atoms with Gasteiger partial charge in [-0.25, -0.2) is 0 Å². The zero-order valence-electron chi connectivity index (χ0n) is 6.87. The van der Waals surface area contributed by atoms with Crippen molar-refractivity contribution in [1.29, 1.82) is 0 Å². The first-order valence-electron chi connectivity index (χ1n) is 3.57. The normalized spacial score (nSPS) is 18.2. The third kappa shape index (κ3) is 2.10. The number of hydrogen-bond acceptors (Lipinski definition) is 3. The number of rotatable bonds is 3. The van der Waals surface area contributed by atoms with E-state index in [1.807, 2.05) is 11.2 Å². The quantitative estimate of drug-likeness (QED) is 0.614. The molecule has 0 N–H and O–H groups in total. The molecule has 64 valence electrons. The van der Waals surface area contributed by atoms with Gasteiger partial charge in [-0.15, -0.1) is 0 Å². The number of amides is 1. The minimum atomic E-state index is 0.228. The Bertz CT molecular complexity index is 145. The van der Waals surface area contributed by atoms with Crippen LogP contribution in [-0.4, -0.2) is 49.1 Å². The summed E-state index contributed by atoms with van der Waals surface area (Å²) in [7, 11) is 1.68.